The van der Waals surface area contributed by atoms with E-state index in [9.17, 15) is 9.50 Å². The number of anilines is 1. The summed E-state index contributed by atoms with van der Waals surface area (Å²) in [6.45, 7) is 6.62. The Labute approximate surface area is 160 Å². The van der Waals surface area contributed by atoms with Gasteiger partial charge in [-0.15, -0.1) is 0 Å². The van der Waals surface area contributed by atoms with Crippen LogP contribution >= 0.6 is 0 Å². The molecule has 0 aromatic heterocycles. The van der Waals surface area contributed by atoms with Crippen molar-refractivity contribution in [2.24, 2.45) is 0 Å². The molecule has 2 aliphatic heterocycles. The summed E-state index contributed by atoms with van der Waals surface area (Å²) in [4.78, 5) is 7.18. The van der Waals surface area contributed by atoms with Crippen molar-refractivity contribution in [1.29, 1.82) is 0 Å². The molecule has 2 saturated heterocycles. The van der Waals surface area contributed by atoms with Crippen molar-refractivity contribution in [2.45, 2.75) is 25.4 Å². The van der Waals surface area contributed by atoms with Crippen molar-refractivity contribution in [2.75, 3.05) is 44.2 Å². The van der Waals surface area contributed by atoms with Crippen molar-refractivity contribution >= 4 is 5.69 Å². The number of rotatable bonds is 4. The number of nitrogens with zero attached hydrogens (tertiary/aromatic N) is 3. The monoisotopic (exact) mass is 369 g/mol. The molecule has 2 aromatic carbocycles. The molecule has 1 N–H and O–H groups in total. The first-order valence-corrected chi connectivity index (χ1v) is 9.93. The topological polar surface area (TPSA) is 30.0 Å². The number of likely N-dealkylation sites (tertiary alicyclic amines) is 1. The summed E-state index contributed by atoms with van der Waals surface area (Å²) in [7, 11) is 0. The Bertz CT molecular complexity index is 761. The van der Waals surface area contributed by atoms with Gasteiger partial charge in [-0.3, -0.25) is 9.80 Å². The fourth-order valence-corrected chi connectivity index (χ4v) is 4.39. The van der Waals surface area contributed by atoms with E-state index in [1.54, 1.807) is 18.2 Å². The molecule has 1 atom stereocenters. The van der Waals surface area contributed by atoms with Crippen LogP contribution in [0.2, 0.25) is 0 Å². The average molecular weight is 369 g/mol. The molecule has 2 aromatic rings. The van der Waals surface area contributed by atoms with E-state index in [4.69, 9.17) is 0 Å². The Kier molecular flexibility index (Phi) is 5.60. The quantitative estimate of drug-likeness (QED) is 0.896. The molecule has 0 aliphatic carbocycles. The second-order valence-corrected chi connectivity index (χ2v) is 7.63. The van der Waals surface area contributed by atoms with Gasteiger partial charge in [-0.25, -0.2) is 4.39 Å². The number of piperidine rings is 1. The van der Waals surface area contributed by atoms with Crippen molar-refractivity contribution < 1.29 is 9.50 Å². The Balaban J connectivity index is 1.33. The number of aromatic hydroxyl groups is 1. The highest BCUT2D eigenvalue weighted by Gasteiger charge is 2.28. The lowest BCUT2D eigenvalue weighted by atomic mass is 10.0. The second kappa shape index (κ2) is 8.28. The molecule has 2 fully saturated rings. The summed E-state index contributed by atoms with van der Waals surface area (Å²) in [5.41, 5.74) is 1.73. The molecule has 0 unspecified atom stereocenters. The number of halogens is 1. The zero-order chi connectivity index (χ0) is 18.6. The van der Waals surface area contributed by atoms with Crippen LogP contribution in [0.25, 0.3) is 0 Å². The zero-order valence-electron chi connectivity index (χ0n) is 15.7. The second-order valence-electron chi connectivity index (χ2n) is 7.63. The maximum atomic E-state index is 14.0. The van der Waals surface area contributed by atoms with E-state index in [2.05, 4.69) is 14.7 Å². The van der Waals surface area contributed by atoms with Crippen LogP contribution in [0.3, 0.4) is 0 Å². The maximum absolute atomic E-state index is 14.0. The lowest BCUT2D eigenvalue weighted by Gasteiger charge is -2.44. The van der Waals surface area contributed by atoms with Gasteiger partial charge in [0, 0.05) is 50.9 Å². The Morgan fingerprint density at radius 3 is 2.44 bits per heavy atom. The predicted octanol–water partition coefficient (Wildman–Crippen LogP) is 3.32. The van der Waals surface area contributed by atoms with Crippen molar-refractivity contribution in [3.8, 4) is 5.75 Å². The molecule has 4 rings (SSSR count). The molecule has 0 saturated carbocycles. The van der Waals surface area contributed by atoms with E-state index < -0.39 is 0 Å². The van der Waals surface area contributed by atoms with Crippen LogP contribution in [-0.4, -0.2) is 60.2 Å². The summed E-state index contributed by atoms with van der Waals surface area (Å²) in [5, 5.41) is 10.0. The highest BCUT2D eigenvalue weighted by Crippen LogP contribution is 2.25. The van der Waals surface area contributed by atoms with Crippen LogP contribution in [0.4, 0.5) is 10.1 Å². The number of piperazine rings is 1. The molecular formula is C22H28FN3O. The lowest BCUT2D eigenvalue weighted by molar-refractivity contribution is 0.0882. The first-order valence-electron chi connectivity index (χ1n) is 9.93. The summed E-state index contributed by atoms with van der Waals surface area (Å²) >= 11 is 0. The molecule has 0 spiro atoms. The molecule has 2 heterocycles. The third-order valence-corrected chi connectivity index (χ3v) is 5.89. The maximum Gasteiger partial charge on any atom is 0.146 e. The Morgan fingerprint density at radius 1 is 0.926 bits per heavy atom. The van der Waals surface area contributed by atoms with Gasteiger partial charge in [0.2, 0.25) is 0 Å². The lowest BCUT2D eigenvalue weighted by Crippen LogP contribution is -2.55. The van der Waals surface area contributed by atoms with Crippen LogP contribution in [-0.2, 0) is 6.54 Å². The van der Waals surface area contributed by atoms with Gasteiger partial charge in [-0.05, 0) is 37.6 Å². The molecule has 0 amide bonds. The molecule has 0 bridgehead atoms. The standard InChI is InChI=1S/C22H28FN3O/c23-20-8-2-3-9-21(20)26-14-12-25(13-15-26)19-7-5-11-24(17-19)16-18-6-1-4-10-22(18)27/h1-4,6,8-10,19,27H,5,7,11-17H2/t19-/m1/s1. The summed E-state index contributed by atoms with van der Waals surface area (Å²) in [6, 6.07) is 15.2. The van der Waals surface area contributed by atoms with Crippen LogP contribution in [0, 0.1) is 5.82 Å². The van der Waals surface area contributed by atoms with Crippen LogP contribution < -0.4 is 4.90 Å². The van der Waals surface area contributed by atoms with E-state index in [1.807, 2.05) is 30.3 Å². The van der Waals surface area contributed by atoms with Gasteiger partial charge in [0.25, 0.3) is 0 Å². The van der Waals surface area contributed by atoms with Gasteiger partial charge < -0.3 is 10.0 Å². The molecule has 144 valence electrons. The fourth-order valence-electron chi connectivity index (χ4n) is 4.39. The van der Waals surface area contributed by atoms with E-state index in [0.29, 0.717) is 11.8 Å². The van der Waals surface area contributed by atoms with Crippen LogP contribution in [0.1, 0.15) is 18.4 Å². The highest BCUT2D eigenvalue weighted by atomic mass is 19.1. The molecular weight excluding hydrogens is 341 g/mol. The van der Waals surface area contributed by atoms with Gasteiger partial charge in [-0.2, -0.15) is 0 Å². The minimum atomic E-state index is -0.127. The zero-order valence-corrected chi connectivity index (χ0v) is 15.7. The van der Waals surface area contributed by atoms with Crippen molar-refractivity contribution in [1.82, 2.24) is 9.80 Å². The molecule has 4 nitrogen and oxygen atoms in total. The summed E-state index contributed by atoms with van der Waals surface area (Å²) in [6.07, 6.45) is 2.41. The van der Waals surface area contributed by atoms with Gasteiger partial charge in [0.05, 0.1) is 5.69 Å². The third kappa shape index (κ3) is 4.25. The highest BCUT2D eigenvalue weighted by molar-refractivity contribution is 5.48. The summed E-state index contributed by atoms with van der Waals surface area (Å²) in [5.74, 6) is 0.260. The number of hydrogen-bond acceptors (Lipinski definition) is 4. The Morgan fingerprint density at radius 2 is 1.67 bits per heavy atom. The van der Waals surface area contributed by atoms with Crippen LogP contribution in [0.5, 0.6) is 5.75 Å². The van der Waals surface area contributed by atoms with Crippen molar-refractivity contribution in [3.63, 3.8) is 0 Å². The molecule has 2 aliphatic rings. The van der Waals surface area contributed by atoms with E-state index in [1.165, 1.54) is 12.8 Å². The number of phenols is 1. The smallest absolute Gasteiger partial charge is 0.146 e. The number of para-hydroxylation sites is 2. The third-order valence-electron chi connectivity index (χ3n) is 5.89. The first kappa shape index (κ1) is 18.3. The normalized spacial score (nSPS) is 22.1. The van der Waals surface area contributed by atoms with Crippen molar-refractivity contribution in [3.05, 3.63) is 59.9 Å². The summed E-state index contributed by atoms with van der Waals surface area (Å²) < 4.78 is 14.0. The predicted molar refractivity (Wildman–Crippen MR) is 107 cm³/mol. The number of phenolic OH excluding ortho intramolecular Hbond substituents is 1. The van der Waals surface area contributed by atoms with Crippen LogP contribution in [0.15, 0.2) is 48.5 Å². The van der Waals surface area contributed by atoms with E-state index in [0.717, 1.165) is 57.1 Å². The SMILES string of the molecule is Oc1ccccc1CN1CCC[C@@H](N2CCN(c3ccccc3F)CC2)C1. The minimum Gasteiger partial charge on any atom is -0.508 e. The number of benzene rings is 2. The first-order chi connectivity index (χ1) is 13.2. The largest absolute Gasteiger partial charge is 0.508 e. The molecule has 27 heavy (non-hydrogen) atoms. The minimum absolute atomic E-state index is 0.127. The Hall–Kier alpha value is -2.11. The van der Waals surface area contributed by atoms with Gasteiger partial charge >= 0.3 is 0 Å². The van der Waals surface area contributed by atoms with Gasteiger partial charge in [-0.1, -0.05) is 30.3 Å². The fraction of sp³-hybridized carbons (Fsp3) is 0.455. The van der Waals surface area contributed by atoms with Gasteiger partial charge in [0.1, 0.15) is 11.6 Å². The average Bonchev–Trinajstić information content (AvgIpc) is 2.71. The van der Waals surface area contributed by atoms with E-state index >= 15 is 0 Å². The molecule has 0 radical (unpaired) electrons. The van der Waals surface area contributed by atoms with Gasteiger partial charge in [0.15, 0.2) is 0 Å². The molecule has 5 heteroatoms. The van der Waals surface area contributed by atoms with E-state index in [-0.39, 0.29) is 5.82 Å². The number of hydrogen-bond donors (Lipinski definition) is 1.